The Morgan fingerprint density at radius 2 is 2.00 bits per heavy atom. The van der Waals surface area contributed by atoms with Crippen LogP contribution < -0.4 is 10.3 Å². The summed E-state index contributed by atoms with van der Waals surface area (Å²) < 4.78 is 2.17. The third-order valence-electron chi connectivity index (χ3n) is 4.58. The fourth-order valence-electron chi connectivity index (χ4n) is 3.45. The van der Waals surface area contributed by atoms with Gasteiger partial charge in [-0.15, -0.1) is 0 Å². The Labute approximate surface area is 135 Å². The Balaban J connectivity index is 2.10. The van der Waals surface area contributed by atoms with Crippen molar-refractivity contribution in [2.24, 2.45) is 0 Å². The van der Waals surface area contributed by atoms with Gasteiger partial charge in [-0.2, -0.15) is 0 Å². The zero-order valence-corrected chi connectivity index (χ0v) is 13.4. The molecule has 0 aliphatic heterocycles. The van der Waals surface area contributed by atoms with Gasteiger partial charge < -0.3 is 4.90 Å². The molecule has 0 N–H and O–H groups in total. The maximum Gasteiger partial charge on any atom is 0.194 e. The van der Waals surface area contributed by atoms with Crippen molar-refractivity contribution in [3.05, 3.63) is 64.1 Å². The maximum absolute atomic E-state index is 12.7. The summed E-state index contributed by atoms with van der Waals surface area (Å²) in [7, 11) is 4.07. The zero-order chi connectivity index (χ0) is 16.0. The number of aromatic nitrogens is 2. The molecule has 116 valence electrons. The third-order valence-corrected chi connectivity index (χ3v) is 4.58. The number of anilines is 1. The van der Waals surface area contributed by atoms with E-state index in [0.29, 0.717) is 5.39 Å². The minimum atomic E-state index is 0.153. The second-order valence-corrected chi connectivity index (χ2v) is 6.23. The Kier molecular flexibility index (Phi) is 3.18. The van der Waals surface area contributed by atoms with Gasteiger partial charge in [-0.1, -0.05) is 6.07 Å². The lowest BCUT2D eigenvalue weighted by Crippen LogP contribution is -2.17. The molecule has 0 fully saturated rings. The predicted octanol–water partition coefficient (Wildman–Crippen LogP) is 2.94. The van der Waals surface area contributed by atoms with Crippen molar-refractivity contribution in [3.63, 3.8) is 0 Å². The van der Waals surface area contributed by atoms with Crippen molar-refractivity contribution in [2.45, 2.75) is 19.3 Å². The van der Waals surface area contributed by atoms with Crippen LogP contribution >= 0.6 is 0 Å². The molecule has 0 unspecified atom stereocenters. The van der Waals surface area contributed by atoms with E-state index in [1.54, 1.807) is 6.20 Å². The van der Waals surface area contributed by atoms with Crippen molar-refractivity contribution in [1.29, 1.82) is 0 Å². The lowest BCUT2D eigenvalue weighted by atomic mass is 10.1. The molecule has 0 saturated heterocycles. The quantitative estimate of drug-likeness (QED) is 0.730. The van der Waals surface area contributed by atoms with Crippen LogP contribution in [0.3, 0.4) is 0 Å². The van der Waals surface area contributed by atoms with Gasteiger partial charge in [0.1, 0.15) is 5.65 Å². The monoisotopic (exact) mass is 305 g/mol. The molecule has 1 aliphatic carbocycles. The zero-order valence-electron chi connectivity index (χ0n) is 13.4. The fraction of sp³-hybridized carbons (Fsp3) is 0.263. The van der Waals surface area contributed by atoms with Gasteiger partial charge in [0.05, 0.1) is 5.39 Å². The Bertz CT molecular complexity index is 956. The molecule has 0 bridgehead atoms. The van der Waals surface area contributed by atoms with Crippen molar-refractivity contribution in [3.8, 4) is 5.69 Å². The van der Waals surface area contributed by atoms with Gasteiger partial charge in [-0.25, -0.2) is 4.98 Å². The van der Waals surface area contributed by atoms with Gasteiger partial charge >= 0.3 is 0 Å². The second-order valence-electron chi connectivity index (χ2n) is 6.23. The molecular weight excluding hydrogens is 286 g/mol. The first-order valence-electron chi connectivity index (χ1n) is 7.96. The van der Waals surface area contributed by atoms with Gasteiger partial charge in [0.25, 0.3) is 0 Å². The molecule has 23 heavy (non-hydrogen) atoms. The van der Waals surface area contributed by atoms with E-state index in [1.165, 1.54) is 0 Å². The summed E-state index contributed by atoms with van der Waals surface area (Å²) in [4.78, 5) is 19.3. The van der Waals surface area contributed by atoms with E-state index in [4.69, 9.17) is 0 Å². The van der Waals surface area contributed by atoms with E-state index in [9.17, 15) is 4.79 Å². The normalized spacial score (nSPS) is 13.3. The molecule has 0 amide bonds. The molecular formula is C19H19N3O. The van der Waals surface area contributed by atoms with Crippen LogP contribution in [0.4, 0.5) is 5.69 Å². The van der Waals surface area contributed by atoms with Crippen LogP contribution in [0.15, 0.2) is 47.4 Å². The number of rotatable bonds is 2. The van der Waals surface area contributed by atoms with E-state index >= 15 is 0 Å². The van der Waals surface area contributed by atoms with Crippen LogP contribution in [0.2, 0.25) is 0 Å². The van der Waals surface area contributed by atoms with E-state index in [2.05, 4.69) is 38.7 Å². The summed E-state index contributed by atoms with van der Waals surface area (Å²) in [5.74, 6) is 0. The number of hydrogen-bond donors (Lipinski definition) is 0. The van der Waals surface area contributed by atoms with Crippen LogP contribution in [0.1, 0.15) is 17.7 Å². The predicted molar refractivity (Wildman–Crippen MR) is 93.7 cm³/mol. The standard InChI is InChI=1S/C19H19N3O/c1-21(2)13-6-3-7-14(12-13)22-17-10-4-8-15(17)18(23)16-9-5-11-20-19(16)22/h3,5-7,9,11-12H,4,8,10H2,1-2H3. The van der Waals surface area contributed by atoms with Crippen LogP contribution in [-0.2, 0) is 12.8 Å². The smallest absolute Gasteiger partial charge is 0.194 e. The van der Waals surface area contributed by atoms with Crippen molar-refractivity contribution >= 4 is 16.7 Å². The molecule has 0 saturated carbocycles. The lowest BCUT2D eigenvalue weighted by Gasteiger charge is -2.19. The van der Waals surface area contributed by atoms with E-state index in [1.807, 2.05) is 26.2 Å². The Morgan fingerprint density at radius 3 is 2.83 bits per heavy atom. The molecule has 4 nitrogen and oxygen atoms in total. The molecule has 0 spiro atoms. The van der Waals surface area contributed by atoms with E-state index < -0.39 is 0 Å². The van der Waals surface area contributed by atoms with Crippen LogP contribution in [-0.4, -0.2) is 23.6 Å². The van der Waals surface area contributed by atoms with Gasteiger partial charge in [0.2, 0.25) is 0 Å². The first-order chi connectivity index (χ1) is 11.2. The van der Waals surface area contributed by atoms with Gasteiger partial charge in [0, 0.05) is 42.9 Å². The maximum atomic E-state index is 12.7. The number of pyridine rings is 2. The van der Waals surface area contributed by atoms with Crippen LogP contribution in [0.5, 0.6) is 0 Å². The van der Waals surface area contributed by atoms with E-state index in [-0.39, 0.29) is 5.43 Å². The minimum absolute atomic E-state index is 0.153. The van der Waals surface area contributed by atoms with Crippen molar-refractivity contribution in [2.75, 3.05) is 19.0 Å². The van der Waals surface area contributed by atoms with Gasteiger partial charge in [0.15, 0.2) is 5.43 Å². The molecule has 1 aliphatic rings. The second kappa shape index (κ2) is 5.23. The van der Waals surface area contributed by atoms with Gasteiger partial charge in [-0.05, 0) is 49.6 Å². The molecule has 4 rings (SSSR count). The minimum Gasteiger partial charge on any atom is -0.378 e. The first kappa shape index (κ1) is 14.0. The van der Waals surface area contributed by atoms with Crippen molar-refractivity contribution < 1.29 is 0 Å². The molecule has 0 atom stereocenters. The SMILES string of the molecule is CN(C)c1cccc(-n2c3c(c(=O)c4cccnc42)CCC3)c1. The largest absolute Gasteiger partial charge is 0.378 e. The molecule has 0 radical (unpaired) electrons. The summed E-state index contributed by atoms with van der Waals surface area (Å²) in [5.41, 5.74) is 5.20. The average molecular weight is 305 g/mol. The summed E-state index contributed by atoms with van der Waals surface area (Å²) >= 11 is 0. The molecule has 2 heterocycles. The number of hydrogen-bond acceptors (Lipinski definition) is 3. The summed E-state index contributed by atoms with van der Waals surface area (Å²) in [5, 5.41) is 0.711. The van der Waals surface area contributed by atoms with E-state index in [0.717, 1.165) is 47.5 Å². The van der Waals surface area contributed by atoms with Gasteiger partial charge in [-0.3, -0.25) is 9.36 Å². The molecule has 4 heteroatoms. The fourth-order valence-corrected chi connectivity index (χ4v) is 3.45. The Morgan fingerprint density at radius 1 is 1.13 bits per heavy atom. The van der Waals surface area contributed by atoms with Crippen LogP contribution in [0.25, 0.3) is 16.7 Å². The highest BCUT2D eigenvalue weighted by atomic mass is 16.1. The summed E-state index contributed by atoms with van der Waals surface area (Å²) in [6, 6.07) is 12.1. The summed E-state index contributed by atoms with van der Waals surface area (Å²) in [6.45, 7) is 0. The first-order valence-corrected chi connectivity index (χ1v) is 7.96. The molecule has 1 aromatic carbocycles. The highest BCUT2D eigenvalue weighted by Crippen LogP contribution is 2.28. The average Bonchev–Trinajstić information content (AvgIpc) is 3.05. The molecule has 3 aromatic rings. The number of benzene rings is 1. The highest BCUT2D eigenvalue weighted by Gasteiger charge is 2.22. The summed E-state index contributed by atoms with van der Waals surface area (Å²) in [6.07, 6.45) is 4.60. The topological polar surface area (TPSA) is 38.1 Å². The lowest BCUT2D eigenvalue weighted by molar-refractivity contribution is 0.873. The Hall–Kier alpha value is -2.62. The number of nitrogens with zero attached hydrogens (tertiary/aromatic N) is 3. The molecule has 2 aromatic heterocycles. The third kappa shape index (κ3) is 2.13. The van der Waals surface area contributed by atoms with Crippen LogP contribution in [0, 0.1) is 0 Å². The highest BCUT2D eigenvalue weighted by molar-refractivity contribution is 5.79. The van der Waals surface area contributed by atoms with Crippen molar-refractivity contribution in [1.82, 2.24) is 9.55 Å². The number of fused-ring (bicyclic) bond motifs is 2.